The molecule has 6 heteroatoms. The maximum atomic E-state index is 4.20. The lowest BCUT2D eigenvalue weighted by molar-refractivity contribution is 0.180. The van der Waals surface area contributed by atoms with Crippen LogP contribution in [0.5, 0.6) is 0 Å². The van der Waals surface area contributed by atoms with Gasteiger partial charge in [0.25, 0.3) is 0 Å². The highest BCUT2D eigenvalue weighted by atomic mass is 15.5. The maximum Gasteiger partial charge on any atom is 0.157 e. The second-order valence-corrected chi connectivity index (χ2v) is 6.27. The predicted octanol–water partition coefficient (Wildman–Crippen LogP) is 1.53. The van der Waals surface area contributed by atoms with Crippen LogP contribution in [0, 0.1) is 5.92 Å². The van der Waals surface area contributed by atoms with Crippen LogP contribution in [0.15, 0.2) is 30.3 Å². The number of nitrogens with zero attached hydrogens (tertiary/aromatic N) is 5. The third kappa shape index (κ3) is 4.36. The van der Waals surface area contributed by atoms with Crippen LogP contribution in [0.2, 0.25) is 0 Å². The molecule has 0 atom stereocenters. The Balaban J connectivity index is 1.50. The fourth-order valence-electron chi connectivity index (χ4n) is 3.24. The van der Waals surface area contributed by atoms with Gasteiger partial charge in [-0.2, -0.15) is 4.68 Å². The Morgan fingerprint density at radius 3 is 2.70 bits per heavy atom. The van der Waals surface area contributed by atoms with Gasteiger partial charge in [-0.05, 0) is 74.4 Å². The topological polar surface area (TPSA) is 58.9 Å². The van der Waals surface area contributed by atoms with Gasteiger partial charge in [0.15, 0.2) is 5.82 Å². The molecule has 1 aromatic carbocycles. The maximum absolute atomic E-state index is 4.20. The fourth-order valence-corrected chi connectivity index (χ4v) is 3.24. The molecule has 1 aliphatic rings. The smallest absolute Gasteiger partial charge is 0.157 e. The largest absolute Gasteiger partial charge is 0.320 e. The monoisotopic (exact) mass is 314 g/mol. The number of hydrogen-bond donors (Lipinski definition) is 1. The summed E-state index contributed by atoms with van der Waals surface area (Å²) in [6.45, 7) is 4.56. The molecule has 1 N–H and O–H groups in total. The molecule has 2 aromatic rings. The highest BCUT2D eigenvalue weighted by Crippen LogP contribution is 2.20. The summed E-state index contributed by atoms with van der Waals surface area (Å²) in [5, 5.41) is 15.4. The molecular weight excluding hydrogens is 288 g/mol. The van der Waals surface area contributed by atoms with Gasteiger partial charge in [-0.15, -0.1) is 5.10 Å². The Labute approximate surface area is 137 Å². The molecule has 0 unspecified atom stereocenters. The summed E-state index contributed by atoms with van der Waals surface area (Å²) in [4.78, 5) is 2.54. The SMILES string of the molecule is CNCCC1CCN(CCc2nnnn2-c2ccccc2)CC1. The van der Waals surface area contributed by atoms with E-state index in [1.54, 1.807) is 0 Å². The molecule has 2 heterocycles. The molecule has 0 aliphatic carbocycles. The van der Waals surface area contributed by atoms with Gasteiger partial charge in [0.1, 0.15) is 0 Å². The molecule has 0 amide bonds. The molecule has 0 bridgehead atoms. The van der Waals surface area contributed by atoms with E-state index in [0.717, 1.165) is 36.9 Å². The van der Waals surface area contributed by atoms with Crippen molar-refractivity contribution in [2.75, 3.05) is 33.2 Å². The highest BCUT2D eigenvalue weighted by molar-refractivity contribution is 5.30. The van der Waals surface area contributed by atoms with Crippen LogP contribution >= 0.6 is 0 Å². The molecular formula is C17H26N6. The third-order valence-corrected chi connectivity index (χ3v) is 4.70. The second-order valence-electron chi connectivity index (χ2n) is 6.27. The van der Waals surface area contributed by atoms with Crippen LogP contribution in [0.3, 0.4) is 0 Å². The molecule has 1 aromatic heterocycles. The Kier molecular flexibility index (Phi) is 5.71. The van der Waals surface area contributed by atoms with E-state index in [9.17, 15) is 0 Å². The lowest BCUT2D eigenvalue weighted by Gasteiger charge is -2.31. The van der Waals surface area contributed by atoms with Crippen molar-refractivity contribution in [2.24, 2.45) is 5.92 Å². The highest BCUT2D eigenvalue weighted by Gasteiger charge is 2.19. The van der Waals surface area contributed by atoms with Crippen LogP contribution in [0.4, 0.5) is 0 Å². The van der Waals surface area contributed by atoms with Crippen molar-refractivity contribution in [3.8, 4) is 5.69 Å². The number of tetrazole rings is 1. The van der Waals surface area contributed by atoms with E-state index in [-0.39, 0.29) is 0 Å². The van der Waals surface area contributed by atoms with Gasteiger partial charge < -0.3 is 10.2 Å². The number of aromatic nitrogens is 4. The third-order valence-electron chi connectivity index (χ3n) is 4.70. The van der Waals surface area contributed by atoms with Crippen molar-refractivity contribution in [2.45, 2.75) is 25.7 Å². The van der Waals surface area contributed by atoms with Crippen molar-refractivity contribution in [1.29, 1.82) is 0 Å². The van der Waals surface area contributed by atoms with Gasteiger partial charge >= 0.3 is 0 Å². The van der Waals surface area contributed by atoms with E-state index in [2.05, 4.69) is 25.7 Å². The molecule has 1 aliphatic heterocycles. The first-order chi connectivity index (χ1) is 11.4. The first kappa shape index (κ1) is 16.1. The molecule has 0 radical (unpaired) electrons. The van der Waals surface area contributed by atoms with E-state index in [1.165, 1.54) is 32.4 Å². The number of likely N-dealkylation sites (tertiary alicyclic amines) is 1. The van der Waals surface area contributed by atoms with Gasteiger partial charge in [-0.1, -0.05) is 18.2 Å². The number of para-hydroxylation sites is 1. The summed E-state index contributed by atoms with van der Waals surface area (Å²) in [5.41, 5.74) is 1.03. The fraction of sp³-hybridized carbons (Fsp3) is 0.588. The minimum Gasteiger partial charge on any atom is -0.320 e. The lowest BCUT2D eigenvalue weighted by atomic mass is 9.93. The van der Waals surface area contributed by atoms with Crippen LogP contribution in [-0.2, 0) is 6.42 Å². The van der Waals surface area contributed by atoms with Gasteiger partial charge in [-0.3, -0.25) is 0 Å². The molecule has 1 fully saturated rings. The van der Waals surface area contributed by atoms with Crippen molar-refractivity contribution >= 4 is 0 Å². The molecule has 23 heavy (non-hydrogen) atoms. The average molecular weight is 314 g/mol. The minimum absolute atomic E-state index is 0.883. The summed E-state index contributed by atoms with van der Waals surface area (Å²) in [5.74, 6) is 1.82. The average Bonchev–Trinajstić information content (AvgIpc) is 3.08. The Bertz CT molecular complexity index is 574. The number of piperidine rings is 1. The summed E-state index contributed by atoms with van der Waals surface area (Å²) in [7, 11) is 2.03. The van der Waals surface area contributed by atoms with Crippen molar-refractivity contribution < 1.29 is 0 Å². The molecule has 0 spiro atoms. The summed E-state index contributed by atoms with van der Waals surface area (Å²) < 4.78 is 1.85. The van der Waals surface area contributed by atoms with Crippen molar-refractivity contribution in [3.63, 3.8) is 0 Å². The second kappa shape index (κ2) is 8.17. The molecule has 3 rings (SSSR count). The van der Waals surface area contributed by atoms with Crippen molar-refractivity contribution in [1.82, 2.24) is 30.4 Å². The van der Waals surface area contributed by atoms with E-state index in [4.69, 9.17) is 0 Å². The predicted molar refractivity (Wildman–Crippen MR) is 90.6 cm³/mol. The number of nitrogens with one attached hydrogen (secondary N) is 1. The molecule has 0 saturated carbocycles. The summed E-state index contributed by atoms with van der Waals surface area (Å²) in [6.07, 6.45) is 4.82. The summed E-state index contributed by atoms with van der Waals surface area (Å²) >= 11 is 0. The standard InChI is InChI=1S/C17H26N6/c1-18-11-7-15-8-12-22(13-9-15)14-10-17-19-20-21-23(17)16-5-3-2-4-6-16/h2-6,15,18H,7-14H2,1H3. The van der Waals surface area contributed by atoms with Crippen LogP contribution in [0.25, 0.3) is 5.69 Å². The van der Waals surface area contributed by atoms with E-state index >= 15 is 0 Å². The quantitative estimate of drug-likeness (QED) is 0.840. The summed E-state index contributed by atoms with van der Waals surface area (Å²) in [6, 6.07) is 10.1. The zero-order chi connectivity index (χ0) is 15.9. The molecule has 124 valence electrons. The van der Waals surface area contributed by atoms with E-state index in [1.807, 2.05) is 42.1 Å². The van der Waals surface area contributed by atoms with Crippen LogP contribution in [-0.4, -0.2) is 58.3 Å². The van der Waals surface area contributed by atoms with Gasteiger partial charge in [0, 0.05) is 13.0 Å². The number of benzene rings is 1. The lowest BCUT2D eigenvalue weighted by Crippen LogP contribution is -2.36. The Morgan fingerprint density at radius 2 is 1.96 bits per heavy atom. The first-order valence-electron chi connectivity index (χ1n) is 8.56. The van der Waals surface area contributed by atoms with Crippen LogP contribution in [0.1, 0.15) is 25.1 Å². The Morgan fingerprint density at radius 1 is 1.17 bits per heavy atom. The minimum atomic E-state index is 0.883. The Hall–Kier alpha value is -1.79. The van der Waals surface area contributed by atoms with Crippen LogP contribution < -0.4 is 5.32 Å². The van der Waals surface area contributed by atoms with Gasteiger partial charge in [0.2, 0.25) is 0 Å². The van der Waals surface area contributed by atoms with Gasteiger partial charge in [0.05, 0.1) is 5.69 Å². The van der Waals surface area contributed by atoms with E-state index < -0.39 is 0 Å². The number of hydrogen-bond acceptors (Lipinski definition) is 5. The van der Waals surface area contributed by atoms with Crippen molar-refractivity contribution in [3.05, 3.63) is 36.2 Å². The number of rotatable bonds is 7. The zero-order valence-corrected chi connectivity index (χ0v) is 13.9. The zero-order valence-electron chi connectivity index (χ0n) is 13.9. The molecule has 1 saturated heterocycles. The van der Waals surface area contributed by atoms with E-state index in [0.29, 0.717) is 0 Å². The normalized spacial score (nSPS) is 16.7. The van der Waals surface area contributed by atoms with Gasteiger partial charge in [-0.25, -0.2) is 0 Å². The molecule has 6 nitrogen and oxygen atoms in total. The first-order valence-corrected chi connectivity index (χ1v) is 8.56.